The number of rotatable bonds is 3. The summed E-state index contributed by atoms with van der Waals surface area (Å²) in [5, 5.41) is 0. The van der Waals surface area contributed by atoms with E-state index in [1.54, 1.807) is 7.11 Å². The van der Waals surface area contributed by atoms with Crippen molar-refractivity contribution in [3.8, 4) is 11.5 Å². The molecule has 0 fully saturated rings. The number of ether oxygens (including phenoxy) is 1. The largest absolute Gasteiger partial charge is 0.547 e. The minimum absolute atomic E-state index is 0.00463. The van der Waals surface area contributed by atoms with Crippen molar-refractivity contribution in [3.63, 3.8) is 0 Å². The lowest BCUT2D eigenvalue weighted by molar-refractivity contribution is 0.391. The highest BCUT2D eigenvalue weighted by atomic mass is 79.9. The Bertz CT molecular complexity index is 397. The summed E-state index contributed by atoms with van der Waals surface area (Å²) in [6.45, 7) is 10.9. The van der Waals surface area contributed by atoms with Gasteiger partial charge in [-0.2, -0.15) is 0 Å². The maximum atomic E-state index is 6.02. The predicted molar refractivity (Wildman–Crippen MR) is 78.9 cm³/mol. The highest BCUT2D eigenvalue weighted by molar-refractivity contribution is 9.10. The molecule has 0 saturated carbocycles. The quantitative estimate of drug-likeness (QED) is 0.781. The predicted octanol–water partition coefficient (Wildman–Crippen LogP) is 4.12. The Morgan fingerprint density at radius 1 is 1.12 bits per heavy atom. The van der Waals surface area contributed by atoms with Crippen LogP contribution in [0, 0.1) is 0 Å². The van der Waals surface area contributed by atoms with Crippen molar-refractivity contribution in [1.29, 1.82) is 0 Å². The lowest BCUT2D eigenvalue weighted by atomic mass is 9.85. The van der Waals surface area contributed by atoms with Gasteiger partial charge in [-0.25, -0.2) is 0 Å². The molecule has 0 bridgehead atoms. The Morgan fingerprint density at radius 3 is 2.06 bits per heavy atom. The standard InChI is InChI=1S/C13H21BrO2Si/c1-13(2,3)12-10(15-4)7-9(14)8-11(12)16-17(5)6/h7-8,17H,1-6H3. The van der Waals surface area contributed by atoms with Crippen molar-refractivity contribution in [3.05, 3.63) is 22.2 Å². The number of halogens is 1. The second-order valence-electron chi connectivity index (χ2n) is 5.40. The van der Waals surface area contributed by atoms with E-state index in [1.807, 2.05) is 12.1 Å². The fraction of sp³-hybridized carbons (Fsp3) is 0.538. The molecule has 17 heavy (non-hydrogen) atoms. The van der Waals surface area contributed by atoms with E-state index >= 15 is 0 Å². The highest BCUT2D eigenvalue weighted by Gasteiger charge is 2.25. The van der Waals surface area contributed by atoms with Crippen LogP contribution in [-0.2, 0) is 5.41 Å². The van der Waals surface area contributed by atoms with Gasteiger partial charge >= 0.3 is 0 Å². The Kier molecular flexibility index (Phi) is 4.67. The third-order valence-electron chi connectivity index (χ3n) is 2.36. The number of methoxy groups -OCH3 is 1. The molecule has 1 aromatic rings. The van der Waals surface area contributed by atoms with Crippen molar-refractivity contribution >= 4 is 25.0 Å². The highest BCUT2D eigenvalue weighted by Crippen LogP contribution is 2.41. The molecule has 0 amide bonds. The molecule has 0 saturated heterocycles. The van der Waals surface area contributed by atoms with E-state index in [0.717, 1.165) is 21.5 Å². The Balaban J connectivity index is 3.39. The smallest absolute Gasteiger partial charge is 0.229 e. The van der Waals surface area contributed by atoms with Gasteiger partial charge in [-0.15, -0.1) is 0 Å². The first-order chi connectivity index (χ1) is 7.75. The fourth-order valence-corrected chi connectivity index (χ4v) is 2.91. The first kappa shape index (κ1) is 14.6. The third kappa shape index (κ3) is 3.74. The molecule has 96 valence electrons. The van der Waals surface area contributed by atoms with Gasteiger partial charge in [0.25, 0.3) is 0 Å². The van der Waals surface area contributed by atoms with E-state index in [9.17, 15) is 0 Å². The average Bonchev–Trinajstić information content (AvgIpc) is 2.13. The normalized spacial score (nSPS) is 11.8. The Labute approximate surface area is 114 Å². The molecular formula is C13H21BrO2Si. The Hall–Kier alpha value is -0.483. The van der Waals surface area contributed by atoms with Gasteiger partial charge in [0.15, 0.2) is 0 Å². The average molecular weight is 317 g/mol. The minimum atomic E-state index is -1.13. The fourth-order valence-electron chi connectivity index (χ4n) is 1.80. The second-order valence-corrected chi connectivity index (χ2v) is 8.65. The molecule has 0 heterocycles. The second kappa shape index (κ2) is 5.44. The summed E-state index contributed by atoms with van der Waals surface area (Å²) in [4.78, 5) is 0. The van der Waals surface area contributed by atoms with E-state index in [1.165, 1.54) is 0 Å². The van der Waals surface area contributed by atoms with Gasteiger partial charge in [0.2, 0.25) is 9.04 Å². The first-order valence-corrected chi connectivity index (χ1v) is 9.37. The summed E-state index contributed by atoms with van der Waals surface area (Å²) in [7, 11) is 0.576. The van der Waals surface area contributed by atoms with E-state index in [4.69, 9.17) is 9.16 Å². The molecule has 0 aliphatic carbocycles. The molecule has 0 aliphatic rings. The van der Waals surface area contributed by atoms with E-state index in [2.05, 4.69) is 49.8 Å². The van der Waals surface area contributed by atoms with Crippen molar-refractivity contribution in [2.45, 2.75) is 39.3 Å². The third-order valence-corrected chi connectivity index (χ3v) is 3.55. The first-order valence-electron chi connectivity index (χ1n) is 5.80. The zero-order valence-electron chi connectivity index (χ0n) is 11.4. The topological polar surface area (TPSA) is 18.5 Å². The lowest BCUT2D eigenvalue weighted by Crippen LogP contribution is -2.19. The molecule has 0 radical (unpaired) electrons. The molecule has 0 spiro atoms. The molecule has 0 aliphatic heterocycles. The maximum Gasteiger partial charge on any atom is 0.229 e. The van der Waals surface area contributed by atoms with Crippen LogP contribution in [0.2, 0.25) is 13.1 Å². The van der Waals surface area contributed by atoms with Crippen LogP contribution in [0.3, 0.4) is 0 Å². The van der Waals surface area contributed by atoms with Crippen LogP contribution < -0.4 is 9.16 Å². The number of hydrogen-bond donors (Lipinski definition) is 0. The van der Waals surface area contributed by atoms with Crippen molar-refractivity contribution in [1.82, 2.24) is 0 Å². The van der Waals surface area contributed by atoms with Crippen LogP contribution in [0.5, 0.6) is 11.5 Å². The van der Waals surface area contributed by atoms with Crippen LogP contribution in [0.25, 0.3) is 0 Å². The molecular weight excluding hydrogens is 296 g/mol. The van der Waals surface area contributed by atoms with Crippen LogP contribution in [0.1, 0.15) is 26.3 Å². The monoisotopic (exact) mass is 316 g/mol. The van der Waals surface area contributed by atoms with Gasteiger partial charge in [-0.05, 0) is 30.6 Å². The summed E-state index contributed by atoms with van der Waals surface area (Å²) >= 11 is 3.50. The van der Waals surface area contributed by atoms with Crippen molar-refractivity contribution in [2.24, 2.45) is 0 Å². The maximum absolute atomic E-state index is 6.02. The molecule has 1 rings (SSSR count). The number of benzene rings is 1. The minimum Gasteiger partial charge on any atom is -0.547 e. The molecule has 0 N–H and O–H groups in total. The molecule has 1 aromatic carbocycles. The number of hydrogen-bond acceptors (Lipinski definition) is 2. The summed E-state index contributed by atoms with van der Waals surface area (Å²) in [5.74, 6) is 1.84. The molecule has 4 heteroatoms. The van der Waals surface area contributed by atoms with Gasteiger partial charge in [0.05, 0.1) is 7.11 Å². The molecule has 0 unspecified atom stereocenters. The molecule has 0 atom stereocenters. The van der Waals surface area contributed by atoms with Crippen molar-refractivity contribution in [2.75, 3.05) is 7.11 Å². The lowest BCUT2D eigenvalue weighted by Gasteiger charge is -2.26. The van der Waals surface area contributed by atoms with Gasteiger partial charge in [-0.1, -0.05) is 36.7 Å². The van der Waals surface area contributed by atoms with Crippen LogP contribution in [0.15, 0.2) is 16.6 Å². The SMILES string of the molecule is COc1cc(Br)cc(O[SiH](C)C)c1C(C)(C)C. The van der Waals surface area contributed by atoms with E-state index in [0.29, 0.717) is 0 Å². The van der Waals surface area contributed by atoms with Gasteiger partial charge in [0.1, 0.15) is 11.5 Å². The zero-order chi connectivity index (χ0) is 13.2. The van der Waals surface area contributed by atoms with E-state index in [-0.39, 0.29) is 5.41 Å². The van der Waals surface area contributed by atoms with Crippen molar-refractivity contribution < 1.29 is 9.16 Å². The summed E-state index contributed by atoms with van der Waals surface area (Å²) in [5.41, 5.74) is 1.15. The molecule has 0 aromatic heterocycles. The molecule has 2 nitrogen and oxygen atoms in total. The van der Waals surface area contributed by atoms with Gasteiger partial charge in [-0.3, -0.25) is 0 Å². The van der Waals surface area contributed by atoms with E-state index < -0.39 is 9.04 Å². The summed E-state index contributed by atoms with van der Waals surface area (Å²) in [6.07, 6.45) is 0. The summed E-state index contributed by atoms with van der Waals surface area (Å²) in [6, 6.07) is 4.03. The zero-order valence-corrected chi connectivity index (χ0v) is 14.2. The van der Waals surface area contributed by atoms with Crippen LogP contribution >= 0.6 is 15.9 Å². The Morgan fingerprint density at radius 2 is 1.65 bits per heavy atom. The van der Waals surface area contributed by atoms with Gasteiger partial charge in [0, 0.05) is 10.0 Å². The van der Waals surface area contributed by atoms with Crippen LogP contribution in [0.4, 0.5) is 0 Å². The van der Waals surface area contributed by atoms with Crippen LogP contribution in [-0.4, -0.2) is 16.2 Å². The summed E-state index contributed by atoms with van der Waals surface area (Å²) < 4.78 is 12.5. The van der Waals surface area contributed by atoms with Gasteiger partial charge < -0.3 is 9.16 Å².